The van der Waals surface area contributed by atoms with Crippen LogP contribution in [-0.4, -0.2) is 54.4 Å². The molecule has 1 aliphatic heterocycles. The first-order valence-electron chi connectivity index (χ1n) is 10.1. The van der Waals surface area contributed by atoms with Gasteiger partial charge < -0.3 is 35.8 Å². The van der Waals surface area contributed by atoms with Gasteiger partial charge in [0.2, 0.25) is 11.7 Å². The molecule has 0 saturated heterocycles. The first kappa shape index (κ1) is 24.3. The van der Waals surface area contributed by atoms with Crippen LogP contribution >= 0.6 is 11.3 Å². The van der Waals surface area contributed by atoms with E-state index in [1.54, 1.807) is 18.0 Å². The Morgan fingerprint density at radius 3 is 2.69 bits per heavy atom. The molecule has 4 rings (SSSR count). The van der Waals surface area contributed by atoms with Gasteiger partial charge in [0.05, 0.1) is 33.6 Å². The summed E-state index contributed by atoms with van der Waals surface area (Å²) in [4.78, 5) is 29.4. The largest absolute Gasteiger partial charge is 0.573 e. The number of nitrogens with one attached hydrogen (secondary N) is 2. The summed E-state index contributed by atoms with van der Waals surface area (Å²) >= 11 is 1.06. The second-order valence-corrected chi connectivity index (χ2v) is 8.73. The van der Waals surface area contributed by atoms with Crippen LogP contribution in [0.5, 0.6) is 5.75 Å². The van der Waals surface area contributed by atoms with Crippen LogP contribution in [0.2, 0.25) is 0 Å². The number of anilines is 3. The number of thiazole rings is 1. The van der Waals surface area contributed by atoms with Crippen molar-refractivity contribution in [2.45, 2.75) is 24.7 Å². The number of halogens is 3. The molecule has 2 aromatic carbocycles. The fourth-order valence-electron chi connectivity index (χ4n) is 3.94. The number of hydrogen-bond acceptors (Lipinski definition) is 9. The third-order valence-corrected chi connectivity index (χ3v) is 6.42. The van der Waals surface area contributed by atoms with Crippen molar-refractivity contribution in [3.8, 4) is 5.75 Å². The van der Waals surface area contributed by atoms with Crippen LogP contribution in [-0.2, 0) is 9.53 Å². The Morgan fingerprint density at radius 1 is 1.31 bits per heavy atom. The molecule has 10 nitrogen and oxygen atoms in total. The minimum absolute atomic E-state index is 0.0431. The number of primary amides is 1. The number of rotatable bonds is 8. The van der Waals surface area contributed by atoms with Crippen molar-refractivity contribution < 1.29 is 37.3 Å². The summed E-state index contributed by atoms with van der Waals surface area (Å²) in [7, 11) is 3.08. The standard InChI is InChI=1S/C21H20F3N5O5S/c1-29-14-6-3-10(18(31)32)7-13(14)27-20(29,16(33-2)9-17(25)30)28-19-26-12-5-4-11(8-15(12)35-19)34-21(22,23)24/h3-8,16,27H,9H2,1-2H3,(H2,25,30)(H,26,28)(H,31,32). The lowest BCUT2D eigenvalue weighted by molar-refractivity contribution is -0.274. The van der Waals surface area contributed by atoms with Crippen LogP contribution < -0.4 is 26.0 Å². The topological polar surface area (TPSA) is 139 Å². The molecule has 14 heteroatoms. The van der Waals surface area contributed by atoms with E-state index >= 15 is 0 Å². The van der Waals surface area contributed by atoms with Crippen LogP contribution in [0.3, 0.4) is 0 Å². The van der Waals surface area contributed by atoms with Crippen molar-refractivity contribution in [2.75, 3.05) is 29.7 Å². The highest BCUT2D eigenvalue weighted by molar-refractivity contribution is 7.22. The molecule has 5 N–H and O–H groups in total. The molecular weight excluding hydrogens is 491 g/mol. The first-order valence-corrected chi connectivity index (χ1v) is 10.9. The number of nitrogens with two attached hydrogens (primary N) is 1. The Labute approximate surface area is 200 Å². The second kappa shape index (κ2) is 8.78. The predicted molar refractivity (Wildman–Crippen MR) is 123 cm³/mol. The fraction of sp³-hybridized carbons (Fsp3) is 0.286. The molecule has 35 heavy (non-hydrogen) atoms. The third-order valence-electron chi connectivity index (χ3n) is 5.49. The van der Waals surface area contributed by atoms with Crippen molar-refractivity contribution in [2.24, 2.45) is 5.73 Å². The molecule has 1 aromatic heterocycles. The minimum Gasteiger partial charge on any atom is -0.478 e. The van der Waals surface area contributed by atoms with E-state index in [1.807, 2.05) is 0 Å². The molecule has 3 aromatic rings. The Hall–Kier alpha value is -3.78. The number of methoxy groups -OCH3 is 1. The molecule has 1 amide bonds. The monoisotopic (exact) mass is 511 g/mol. The van der Waals surface area contributed by atoms with Gasteiger partial charge >= 0.3 is 12.3 Å². The van der Waals surface area contributed by atoms with Gasteiger partial charge in [0.15, 0.2) is 5.13 Å². The molecule has 0 fully saturated rings. The molecule has 0 aliphatic carbocycles. The maximum absolute atomic E-state index is 12.6. The second-order valence-electron chi connectivity index (χ2n) is 7.70. The summed E-state index contributed by atoms with van der Waals surface area (Å²) in [6, 6.07) is 8.24. The summed E-state index contributed by atoms with van der Waals surface area (Å²) in [5.74, 6) is -3.49. The molecule has 2 unspecified atom stereocenters. The maximum atomic E-state index is 12.6. The molecule has 2 heterocycles. The number of carboxylic acid groups (broad SMARTS) is 1. The lowest BCUT2D eigenvalue weighted by Crippen LogP contribution is -2.64. The summed E-state index contributed by atoms with van der Waals surface area (Å²) in [6.07, 6.45) is -5.93. The normalized spacial score (nSPS) is 18.1. The van der Waals surface area contributed by atoms with Crippen molar-refractivity contribution in [3.63, 3.8) is 0 Å². The Kier molecular flexibility index (Phi) is 6.11. The van der Waals surface area contributed by atoms with Crippen molar-refractivity contribution in [1.29, 1.82) is 0 Å². The molecule has 1 aliphatic rings. The van der Waals surface area contributed by atoms with E-state index in [-0.39, 0.29) is 17.7 Å². The summed E-state index contributed by atoms with van der Waals surface area (Å²) < 4.78 is 47.8. The van der Waals surface area contributed by atoms with Gasteiger partial charge in [-0.1, -0.05) is 11.3 Å². The number of alkyl halides is 3. The van der Waals surface area contributed by atoms with E-state index in [1.165, 1.54) is 31.4 Å². The Balaban J connectivity index is 1.74. The average Bonchev–Trinajstić information content (AvgIpc) is 3.28. The number of ether oxygens (including phenoxy) is 2. The zero-order valence-corrected chi connectivity index (χ0v) is 19.2. The molecule has 0 spiro atoms. The van der Waals surface area contributed by atoms with E-state index in [9.17, 15) is 27.9 Å². The highest BCUT2D eigenvalue weighted by Crippen LogP contribution is 2.44. The molecule has 0 saturated carbocycles. The van der Waals surface area contributed by atoms with Gasteiger partial charge in [-0.3, -0.25) is 4.79 Å². The van der Waals surface area contributed by atoms with Gasteiger partial charge in [-0.25, -0.2) is 9.78 Å². The van der Waals surface area contributed by atoms with Crippen LogP contribution in [0.15, 0.2) is 36.4 Å². The van der Waals surface area contributed by atoms with Crippen molar-refractivity contribution in [1.82, 2.24) is 4.98 Å². The Morgan fingerprint density at radius 2 is 2.06 bits per heavy atom. The van der Waals surface area contributed by atoms with E-state index in [2.05, 4.69) is 20.4 Å². The molecular formula is C21H20F3N5O5S. The van der Waals surface area contributed by atoms with Gasteiger partial charge in [-0.2, -0.15) is 0 Å². The van der Waals surface area contributed by atoms with Crippen LogP contribution in [0.4, 0.5) is 29.7 Å². The molecule has 0 bridgehead atoms. The maximum Gasteiger partial charge on any atom is 0.573 e. The average molecular weight is 511 g/mol. The first-order chi connectivity index (χ1) is 16.4. The quantitative estimate of drug-likeness (QED) is 0.358. The third kappa shape index (κ3) is 4.74. The number of carbonyl (C=O) groups excluding carboxylic acids is 1. The number of aromatic carboxylic acids is 1. The highest BCUT2D eigenvalue weighted by atomic mass is 32.1. The predicted octanol–water partition coefficient (Wildman–Crippen LogP) is 3.41. The number of fused-ring (bicyclic) bond motifs is 2. The van der Waals surface area contributed by atoms with Crippen LogP contribution in [0.25, 0.3) is 10.2 Å². The smallest absolute Gasteiger partial charge is 0.478 e. The zero-order chi connectivity index (χ0) is 25.5. The fourth-order valence-corrected chi connectivity index (χ4v) is 4.89. The molecule has 186 valence electrons. The summed E-state index contributed by atoms with van der Waals surface area (Å²) in [5.41, 5.74) is 6.96. The van der Waals surface area contributed by atoms with Gasteiger partial charge in [0.1, 0.15) is 11.9 Å². The van der Waals surface area contributed by atoms with Crippen molar-refractivity contribution in [3.05, 3.63) is 42.0 Å². The number of nitrogens with zero attached hydrogens (tertiary/aromatic N) is 2. The van der Waals surface area contributed by atoms with Gasteiger partial charge in [0, 0.05) is 20.2 Å². The number of aromatic nitrogens is 1. The zero-order valence-electron chi connectivity index (χ0n) is 18.3. The Bertz CT molecular complexity index is 1300. The van der Waals surface area contributed by atoms with Gasteiger partial charge in [0.25, 0.3) is 0 Å². The number of amides is 1. The van der Waals surface area contributed by atoms with Crippen LogP contribution in [0, 0.1) is 0 Å². The van der Waals surface area contributed by atoms with E-state index in [0.717, 1.165) is 17.4 Å². The number of hydrogen-bond donors (Lipinski definition) is 4. The number of carbonyl (C=O) groups is 2. The van der Waals surface area contributed by atoms with Crippen molar-refractivity contribution >= 4 is 49.9 Å². The molecule has 0 radical (unpaired) electrons. The molecule has 2 atom stereocenters. The van der Waals surface area contributed by atoms with E-state index in [0.29, 0.717) is 26.7 Å². The minimum atomic E-state index is -4.83. The summed E-state index contributed by atoms with van der Waals surface area (Å²) in [6.45, 7) is 0. The van der Waals surface area contributed by atoms with E-state index in [4.69, 9.17) is 10.5 Å². The SMILES string of the molecule is COC(CC(N)=O)C1(Nc2nc3ccc(OC(F)(F)F)cc3s2)Nc2cc(C(=O)O)ccc2N1C. The highest BCUT2D eigenvalue weighted by Gasteiger charge is 2.50. The van der Waals surface area contributed by atoms with Crippen LogP contribution in [0.1, 0.15) is 16.8 Å². The number of benzene rings is 2. The van der Waals surface area contributed by atoms with Gasteiger partial charge in [-0.05, 0) is 30.3 Å². The lowest BCUT2D eigenvalue weighted by atomic mass is 10.1. The number of likely N-dealkylation sites (N-methyl/N-ethyl adjacent to an activating group) is 1. The van der Waals surface area contributed by atoms with Gasteiger partial charge in [-0.15, -0.1) is 13.2 Å². The number of carboxylic acids is 1. The summed E-state index contributed by atoms with van der Waals surface area (Å²) in [5, 5.41) is 16.0. The van der Waals surface area contributed by atoms with E-state index < -0.39 is 30.1 Å². The lowest BCUT2D eigenvalue weighted by Gasteiger charge is -2.42.